The Labute approximate surface area is 235 Å². The fraction of sp³-hybridized carbons (Fsp3) is 0.200. The molecule has 3 nitrogen and oxygen atoms in total. The van der Waals surface area contributed by atoms with Gasteiger partial charge in [0.15, 0.2) is 0 Å². The standard InChI is InChI=1S/C35H30ClN3/c1-3-8-34-38-35-23(2)19-27(30-11-6-7-12-32(30)36)21-33(35)39(34)22-24-13-16-29-26(20-24)15-14-25-9-4-5-10-28(25)31(29)17-18-37/h4-7,9-13,16-17,19-21H,3,8,14-15,22H2,1-2H3. The van der Waals surface area contributed by atoms with E-state index in [1.807, 2.05) is 18.2 Å². The molecule has 0 unspecified atom stereocenters. The van der Waals surface area contributed by atoms with Gasteiger partial charge < -0.3 is 4.57 Å². The molecule has 6 rings (SSSR count). The molecule has 4 heteroatoms. The zero-order valence-corrected chi connectivity index (χ0v) is 23.1. The second-order valence-corrected chi connectivity index (χ2v) is 10.7. The molecule has 4 aromatic carbocycles. The number of aryl methyl sites for hydroxylation is 4. The number of hydrogen-bond acceptors (Lipinski definition) is 2. The molecule has 0 bridgehead atoms. The second kappa shape index (κ2) is 10.6. The Hall–Kier alpha value is -4.13. The van der Waals surface area contributed by atoms with Crippen LogP contribution in [0.3, 0.4) is 0 Å². The van der Waals surface area contributed by atoms with E-state index in [2.05, 4.69) is 85.1 Å². The Bertz CT molecular complexity index is 1780. The normalized spacial score (nSPS) is 13.6. The fourth-order valence-corrected chi connectivity index (χ4v) is 6.16. The number of hydrogen-bond donors (Lipinski definition) is 0. The molecule has 0 atom stereocenters. The van der Waals surface area contributed by atoms with Crippen molar-refractivity contribution in [3.05, 3.63) is 129 Å². The fourth-order valence-electron chi connectivity index (χ4n) is 5.92. The van der Waals surface area contributed by atoms with Crippen LogP contribution in [0.4, 0.5) is 0 Å². The van der Waals surface area contributed by atoms with Crippen LogP contribution in [-0.4, -0.2) is 9.55 Å². The van der Waals surface area contributed by atoms with Crippen molar-refractivity contribution in [3.8, 4) is 17.2 Å². The third-order valence-electron chi connectivity index (χ3n) is 7.76. The smallest absolute Gasteiger partial charge is 0.110 e. The third-order valence-corrected chi connectivity index (χ3v) is 8.09. The van der Waals surface area contributed by atoms with Gasteiger partial charge in [-0.2, -0.15) is 5.26 Å². The summed E-state index contributed by atoms with van der Waals surface area (Å²) in [5.41, 5.74) is 12.7. The molecule has 0 radical (unpaired) electrons. The average Bonchev–Trinajstić information content (AvgIpc) is 3.20. The Balaban J connectivity index is 1.45. The largest absolute Gasteiger partial charge is 0.323 e. The van der Waals surface area contributed by atoms with Crippen molar-refractivity contribution in [2.45, 2.75) is 46.1 Å². The van der Waals surface area contributed by atoms with Crippen LogP contribution in [0.2, 0.25) is 5.02 Å². The van der Waals surface area contributed by atoms with Crippen molar-refractivity contribution >= 4 is 28.2 Å². The van der Waals surface area contributed by atoms with E-state index in [9.17, 15) is 5.26 Å². The number of aromatic nitrogens is 2. The highest BCUT2D eigenvalue weighted by atomic mass is 35.5. The van der Waals surface area contributed by atoms with Crippen molar-refractivity contribution in [1.29, 1.82) is 5.26 Å². The number of benzene rings is 4. The lowest BCUT2D eigenvalue weighted by molar-refractivity contribution is 0.721. The van der Waals surface area contributed by atoms with Crippen molar-refractivity contribution in [2.75, 3.05) is 0 Å². The highest BCUT2D eigenvalue weighted by molar-refractivity contribution is 6.33. The summed E-state index contributed by atoms with van der Waals surface area (Å²) in [6.07, 6.45) is 5.57. The lowest BCUT2D eigenvalue weighted by atomic mass is 9.93. The summed E-state index contributed by atoms with van der Waals surface area (Å²) in [4.78, 5) is 5.11. The van der Waals surface area contributed by atoms with Crippen LogP contribution in [0.1, 0.15) is 52.5 Å². The monoisotopic (exact) mass is 527 g/mol. The van der Waals surface area contributed by atoms with Crippen LogP contribution in [0.15, 0.2) is 84.9 Å². The molecule has 0 saturated heterocycles. The molecule has 0 aliphatic heterocycles. The molecule has 1 aliphatic rings. The van der Waals surface area contributed by atoms with E-state index in [0.29, 0.717) is 0 Å². The molecule has 1 aliphatic carbocycles. The van der Waals surface area contributed by atoms with Crippen molar-refractivity contribution in [2.24, 2.45) is 0 Å². The Kier molecular flexibility index (Phi) is 6.81. The van der Waals surface area contributed by atoms with Gasteiger partial charge in [-0.25, -0.2) is 4.98 Å². The lowest BCUT2D eigenvalue weighted by Gasteiger charge is -2.14. The van der Waals surface area contributed by atoms with Gasteiger partial charge in [-0.15, -0.1) is 0 Å². The average molecular weight is 528 g/mol. The van der Waals surface area contributed by atoms with Crippen LogP contribution < -0.4 is 0 Å². The molecule has 1 heterocycles. The topological polar surface area (TPSA) is 41.6 Å². The number of allylic oxidation sites excluding steroid dienone is 1. The minimum absolute atomic E-state index is 0.745. The van der Waals surface area contributed by atoms with Gasteiger partial charge in [0, 0.05) is 29.6 Å². The predicted molar refractivity (Wildman–Crippen MR) is 161 cm³/mol. The van der Waals surface area contributed by atoms with Crippen LogP contribution in [0, 0.1) is 18.3 Å². The summed E-state index contributed by atoms with van der Waals surface area (Å²) >= 11 is 6.59. The molecule has 39 heavy (non-hydrogen) atoms. The summed E-state index contributed by atoms with van der Waals surface area (Å²) in [7, 11) is 0. The highest BCUT2D eigenvalue weighted by Crippen LogP contribution is 2.35. The summed E-state index contributed by atoms with van der Waals surface area (Å²) in [6.45, 7) is 5.09. The molecule has 0 saturated carbocycles. The van der Waals surface area contributed by atoms with E-state index < -0.39 is 0 Å². The molecule has 192 valence electrons. The molecular weight excluding hydrogens is 498 g/mol. The second-order valence-electron chi connectivity index (χ2n) is 10.3. The van der Waals surface area contributed by atoms with E-state index in [0.717, 1.165) is 81.9 Å². The number of fused-ring (bicyclic) bond motifs is 3. The first-order chi connectivity index (χ1) is 19.1. The van der Waals surface area contributed by atoms with Gasteiger partial charge in [0.2, 0.25) is 0 Å². The van der Waals surface area contributed by atoms with E-state index >= 15 is 0 Å². The van der Waals surface area contributed by atoms with E-state index in [-0.39, 0.29) is 0 Å². The highest BCUT2D eigenvalue weighted by Gasteiger charge is 2.20. The molecule has 5 aromatic rings. The first-order valence-electron chi connectivity index (χ1n) is 13.6. The summed E-state index contributed by atoms with van der Waals surface area (Å²) < 4.78 is 2.38. The summed E-state index contributed by atoms with van der Waals surface area (Å²) in [5, 5.41) is 10.3. The zero-order valence-electron chi connectivity index (χ0n) is 22.3. The first kappa shape index (κ1) is 25.2. The third kappa shape index (κ3) is 4.67. The Morgan fingerprint density at radius 2 is 1.67 bits per heavy atom. The SMILES string of the molecule is CCCc1nc2c(C)cc(-c3ccccc3Cl)cc2n1Cc1ccc2c(c1)CCc1ccccc1C2=CC#N. The van der Waals surface area contributed by atoms with Gasteiger partial charge in [0.1, 0.15) is 5.82 Å². The maximum absolute atomic E-state index is 9.57. The van der Waals surface area contributed by atoms with Crippen molar-refractivity contribution < 1.29 is 0 Å². The van der Waals surface area contributed by atoms with Crippen molar-refractivity contribution in [3.63, 3.8) is 0 Å². The molecule has 0 N–H and O–H groups in total. The summed E-state index contributed by atoms with van der Waals surface area (Å²) in [6, 6.07) is 29.9. The van der Waals surface area contributed by atoms with E-state index in [1.54, 1.807) is 6.08 Å². The maximum atomic E-state index is 9.57. The van der Waals surface area contributed by atoms with Crippen LogP contribution in [0.5, 0.6) is 0 Å². The number of nitrogens with zero attached hydrogens (tertiary/aromatic N) is 3. The van der Waals surface area contributed by atoms with Gasteiger partial charge in [-0.3, -0.25) is 0 Å². The molecular formula is C35H30ClN3. The van der Waals surface area contributed by atoms with Crippen LogP contribution in [0.25, 0.3) is 27.7 Å². The number of rotatable bonds is 5. The molecule has 0 fully saturated rings. The molecule has 1 aromatic heterocycles. The van der Waals surface area contributed by atoms with Crippen LogP contribution >= 0.6 is 11.6 Å². The van der Waals surface area contributed by atoms with Gasteiger partial charge in [0.25, 0.3) is 0 Å². The summed E-state index contributed by atoms with van der Waals surface area (Å²) in [5.74, 6) is 1.11. The number of nitriles is 1. The minimum Gasteiger partial charge on any atom is -0.323 e. The first-order valence-corrected chi connectivity index (χ1v) is 14.0. The molecule has 0 spiro atoms. The minimum atomic E-state index is 0.745. The number of imidazole rings is 1. The lowest BCUT2D eigenvalue weighted by Crippen LogP contribution is -2.06. The van der Waals surface area contributed by atoms with Gasteiger partial charge in [-0.1, -0.05) is 79.2 Å². The van der Waals surface area contributed by atoms with Crippen LogP contribution in [-0.2, 0) is 25.8 Å². The maximum Gasteiger partial charge on any atom is 0.110 e. The quantitative estimate of drug-likeness (QED) is 0.214. The predicted octanol–water partition coefficient (Wildman–Crippen LogP) is 8.72. The number of halogens is 1. The van der Waals surface area contributed by atoms with Gasteiger partial charge in [0.05, 0.1) is 17.1 Å². The zero-order chi connectivity index (χ0) is 26.9. The van der Waals surface area contributed by atoms with E-state index in [4.69, 9.17) is 16.6 Å². The Morgan fingerprint density at radius 3 is 2.46 bits per heavy atom. The van der Waals surface area contributed by atoms with Crippen molar-refractivity contribution in [1.82, 2.24) is 9.55 Å². The van der Waals surface area contributed by atoms with E-state index in [1.165, 1.54) is 22.3 Å². The van der Waals surface area contributed by atoms with Gasteiger partial charge >= 0.3 is 0 Å². The Morgan fingerprint density at radius 1 is 0.923 bits per heavy atom. The van der Waals surface area contributed by atoms with Gasteiger partial charge in [-0.05, 0) is 88.9 Å². The molecule has 0 amide bonds.